The van der Waals surface area contributed by atoms with Gasteiger partial charge in [-0.05, 0) is 0 Å². The normalized spacial score (nSPS) is 11.4. The summed E-state index contributed by atoms with van der Waals surface area (Å²) in [6.45, 7) is -1.26. The zero-order valence-electron chi connectivity index (χ0n) is 9.42. The van der Waals surface area contributed by atoms with Gasteiger partial charge in [0.05, 0.1) is 13.7 Å². The number of halogens is 4. The molecule has 9 heteroatoms. The van der Waals surface area contributed by atoms with Gasteiger partial charge >= 0.3 is 6.18 Å². The summed E-state index contributed by atoms with van der Waals surface area (Å²) in [6.07, 6.45) is -3.11. The van der Waals surface area contributed by atoms with Gasteiger partial charge in [-0.1, -0.05) is 11.6 Å². The summed E-state index contributed by atoms with van der Waals surface area (Å²) in [6, 6.07) is 0. The van der Waals surface area contributed by atoms with Crippen molar-refractivity contribution in [3.63, 3.8) is 0 Å². The van der Waals surface area contributed by atoms with Crippen LogP contribution in [0.3, 0.4) is 0 Å². The monoisotopic (exact) mass is 285 g/mol. The molecule has 0 spiro atoms. The van der Waals surface area contributed by atoms with Gasteiger partial charge in [0.15, 0.2) is 16.7 Å². The fourth-order valence-electron chi connectivity index (χ4n) is 1.09. The number of alkyl halides is 3. The average molecular weight is 286 g/mol. The van der Waals surface area contributed by atoms with E-state index in [2.05, 4.69) is 20.0 Å². The Morgan fingerprint density at radius 3 is 2.72 bits per heavy atom. The van der Waals surface area contributed by atoms with Crippen LogP contribution in [0.2, 0.25) is 5.15 Å². The van der Waals surface area contributed by atoms with Crippen molar-refractivity contribution in [2.24, 2.45) is 0 Å². The summed E-state index contributed by atoms with van der Waals surface area (Å²) in [5.41, 5.74) is 0. The minimum atomic E-state index is -4.32. The third-order valence-electron chi connectivity index (χ3n) is 1.77. The molecular formula is C9H11ClF3N3O2. The summed E-state index contributed by atoms with van der Waals surface area (Å²) in [5.74, 6) is 0.531. The van der Waals surface area contributed by atoms with E-state index in [0.717, 1.165) is 0 Å². The lowest BCUT2D eigenvalue weighted by molar-refractivity contribution is -0.172. The van der Waals surface area contributed by atoms with Gasteiger partial charge in [0.25, 0.3) is 0 Å². The van der Waals surface area contributed by atoms with Crippen molar-refractivity contribution >= 4 is 17.4 Å². The SMILES string of the molecule is COc1c(Cl)ncnc1NCCOCC(F)(F)F. The zero-order chi connectivity index (χ0) is 13.6. The van der Waals surface area contributed by atoms with Gasteiger partial charge < -0.3 is 14.8 Å². The van der Waals surface area contributed by atoms with E-state index in [0.29, 0.717) is 5.82 Å². The Bertz CT molecular complexity index is 390. The van der Waals surface area contributed by atoms with Gasteiger partial charge in [0.1, 0.15) is 12.9 Å². The minimum Gasteiger partial charge on any atom is -0.490 e. The van der Waals surface area contributed by atoms with Crippen molar-refractivity contribution in [3.05, 3.63) is 11.5 Å². The lowest BCUT2D eigenvalue weighted by Gasteiger charge is -2.11. The molecule has 1 aromatic heterocycles. The van der Waals surface area contributed by atoms with Crippen LogP contribution in [-0.2, 0) is 4.74 Å². The summed E-state index contributed by atoms with van der Waals surface area (Å²) in [4.78, 5) is 7.54. The lowest BCUT2D eigenvalue weighted by atomic mass is 10.5. The van der Waals surface area contributed by atoms with Crippen LogP contribution in [0.4, 0.5) is 19.0 Å². The van der Waals surface area contributed by atoms with E-state index in [-0.39, 0.29) is 24.1 Å². The number of hydrogen-bond acceptors (Lipinski definition) is 5. The van der Waals surface area contributed by atoms with Crippen molar-refractivity contribution in [1.82, 2.24) is 9.97 Å². The van der Waals surface area contributed by atoms with E-state index in [1.54, 1.807) is 0 Å². The lowest BCUT2D eigenvalue weighted by Crippen LogP contribution is -2.20. The molecule has 1 heterocycles. The molecule has 18 heavy (non-hydrogen) atoms. The number of nitrogens with zero attached hydrogens (tertiary/aromatic N) is 2. The highest BCUT2D eigenvalue weighted by Gasteiger charge is 2.27. The second-order valence-electron chi connectivity index (χ2n) is 3.14. The second-order valence-corrected chi connectivity index (χ2v) is 3.50. The molecule has 0 radical (unpaired) electrons. The molecule has 0 aliphatic heterocycles. The molecule has 1 N–H and O–H groups in total. The number of nitrogens with one attached hydrogen (secondary N) is 1. The van der Waals surface area contributed by atoms with Crippen LogP contribution in [0.1, 0.15) is 0 Å². The Labute approximate surface area is 106 Å². The van der Waals surface area contributed by atoms with E-state index in [1.807, 2.05) is 0 Å². The van der Waals surface area contributed by atoms with Crippen LogP contribution in [-0.4, -0.2) is 43.0 Å². The molecule has 0 aliphatic rings. The summed E-state index contributed by atoms with van der Waals surface area (Å²) in [7, 11) is 1.38. The molecule has 1 rings (SSSR count). The molecule has 0 bridgehead atoms. The highest BCUT2D eigenvalue weighted by atomic mass is 35.5. The molecule has 0 atom stereocenters. The van der Waals surface area contributed by atoms with Gasteiger partial charge in [0, 0.05) is 6.54 Å². The third-order valence-corrected chi connectivity index (χ3v) is 2.04. The Hall–Kier alpha value is -1.28. The topological polar surface area (TPSA) is 56.3 Å². The van der Waals surface area contributed by atoms with E-state index in [9.17, 15) is 13.2 Å². The van der Waals surface area contributed by atoms with E-state index < -0.39 is 12.8 Å². The van der Waals surface area contributed by atoms with Crippen LogP contribution in [0, 0.1) is 0 Å². The van der Waals surface area contributed by atoms with Gasteiger partial charge in [-0.15, -0.1) is 0 Å². The maximum Gasteiger partial charge on any atom is 0.411 e. The number of anilines is 1. The van der Waals surface area contributed by atoms with Crippen LogP contribution in [0.15, 0.2) is 6.33 Å². The number of rotatable bonds is 6. The molecule has 102 valence electrons. The predicted molar refractivity (Wildman–Crippen MR) is 59.0 cm³/mol. The smallest absolute Gasteiger partial charge is 0.411 e. The molecular weight excluding hydrogens is 275 g/mol. The van der Waals surface area contributed by atoms with Crippen molar-refractivity contribution in [2.45, 2.75) is 6.18 Å². The Kier molecular flexibility index (Phi) is 5.42. The maximum atomic E-state index is 11.8. The first-order chi connectivity index (χ1) is 8.44. The van der Waals surface area contributed by atoms with Crippen LogP contribution >= 0.6 is 11.6 Å². The Morgan fingerprint density at radius 1 is 1.39 bits per heavy atom. The van der Waals surface area contributed by atoms with E-state index >= 15 is 0 Å². The fraction of sp³-hybridized carbons (Fsp3) is 0.556. The number of methoxy groups -OCH3 is 1. The van der Waals surface area contributed by atoms with Gasteiger partial charge in [-0.25, -0.2) is 9.97 Å². The minimum absolute atomic E-state index is 0.117. The first-order valence-electron chi connectivity index (χ1n) is 4.87. The third kappa shape index (κ3) is 4.92. The summed E-state index contributed by atoms with van der Waals surface area (Å²) in [5, 5.41) is 2.86. The highest BCUT2D eigenvalue weighted by molar-refractivity contribution is 6.31. The van der Waals surface area contributed by atoms with Crippen molar-refractivity contribution < 1.29 is 22.6 Å². The summed E-state index contributed by atoms with van der Waals surface area (Å²) < 4.78 is 44.7. The largest absolute Gasteiger partial charge is 0.490 e. The highest BCUT2D eigenvalue weighted by Crippen LogP contribution is 2.27. The van der Waals surface area contributed by atoms with E-state index in [1.165, 1.54) is 13.4 Å². The van der Waals surface area contributed by atoms with Crippen molar-refractivity contribution in [2.75, 3.05) is 32.2 Å². The van der Waals surface area contributed by atoms with Crippen LogP contribution < -0.4 is 10.1 Å². The Morgan fingerprint density at radius 2 is 2.11 bits per heavy atom. The number of ether oxygens (including phenoxy) is 2. The first kappa shape index (κ1) is 14.8. The van der Waals surface area contributed by atoms with Gasteiger partial charge in [-0.3, -0.25) is 0 Å². The van der Waals surface area contributed by atoms with Crippen molar-refractivity contribution in [3.8, 4) is 5.75 Å². The molecule has 1 aromatic rings. The molecule has 0 unspecified atom stereocenters. The van der Waals surface area contributed by atoms with Crippen LogP contribution in [0.25, 0.3) is 0 Å². The average Bonchev–Trinajstić information content (AvgIpc) is 2.27. The predicted octanol–water partition coefficient (Wildman–Crippen LogP) is 2.13. The maximum absolute atomic E-state index is 11.8. The molecule has 0 aliphatic carbocycles. The van der Waals surface area contributed by atoms with Crippen molar-refractivity contribution in [1.29, 1.82) is 0 Å². The quantitative estimate of drug-likeness (QED) is 0.641. The first-order valence-corrected chi connectivity index (χ1v) is 5.24. The van der Waals surface area contributed by atoms with Crippen LogP contribution in [0.5, 0.6) is 5.75 Å². The van der Waals surface area contributed by atoms with E-state index in [4.69, 9.17) is 16.3 Å². The molecule has 0 fully saturated rings. The molecule has 5 nitrogen and oxygen atoms in total. The fourth-order valence-corrected chi connectivity index (χ4v) is 1.30. The molecule has 0 aromatic carbocycles. The standard InChI is InChI=1S/C9H11ClF3N3O2/c1-17-6-7(10)15-5-16-8(6)14-2-3-18-4-9(11,12)13/h5H,2-4H2,1H3,(H,14,15,16). The molecule has 0 saturated heterocycles. The number of aromatic nitrogens is 2. The second kappa shape index (κ2) is 6.60. The molecule has 0 amide bonds. The van der Waals surface area contributed by atoms with Gasteiger partial charge in [0.2, 0.25) is 0 Å². The van der Waals surface area contributed by atoms with Gasteiger partial charge in [-0.2, -0.15) is 13.2 Å². The number of hydrogen-bond donors (Lipinski definition) is 1. The Balaban J connectivity index is 2.38. The molecule has 0 saturated carbocycles. The summed E-state index contributed by atoms with van der Waals surface area (Å²) >= 11 is 5.73. The zero-order valence-corrected chi connectivity index (χ0v) is 10.2.